The molecule has 2 aliphatic carbocycles. The standard InChI is InChI=1S/2C14H19Cl2NO/c2*1-17-9-14(6-2-3-11(18)8-14)10-4-5-12(15)13(16)7-10/h2*4-5,7,11,17-18H,2-3,6,8-9H2,1H3/t2*11-,14-/m10/s1. The van der Waals surface area contributed by atoms with Crippen molar-refractivity contribution in [1.82, 2.24) is 10.6 Å². The van der Waals surface area contributed by atoms with Crippen LogP contribution in [0.25, 0.3) is 0 Å². The summed E-state index contributed by atoms with van der Waals surface area (Å²) < 4.78 is 0. The van der Waals surface area contributed by atoms with E-state index in [9.17, 15) is 10.2 Å². The molecule has 0 aromatic heterocycles. The largest absolute Gasteiger partial charge is 0.393 e. The molecule has 0 spiro atoms. The zero-order chi connectivity index (χ0) is 26.3. The first-order valence-electron chi connectivity index (χ1n) is 12.7. The molecule has 2 aromatic rings. The molecule has 4 rings (SSSR count). The van der Waals surface area contributed by atoms with Crippen molar-refractivity contribution in [3.05, 3.63) is 67.6 Å². The zero-order valence-corrected chi connectivity index (χ0v) is 24.1. The van der Waals surface area contributed by atoms with Crippen LogP contribution in [-0.4, -0.2) is 49.6 Å². The number of aliphatic hydroxyl groups is 2. The van der Waals surface area contributed by atoms with Crippen molar-refractivity contribution >= 4 is 46.4 Å². The topological polar surface area (TPSA) is 64.5 Å². The smallest absolute Gasteiger partial charge is 0.0595 e. The predicted octanol–water partition coefficient (Wildman–Crippen LogP) is 6.77. The third kappa shape index (κ3) is 7.30. The van der Waals surface area contributed by atoms with Crippen LogP contribution >= 0.6 is 46.4 Å². The van der Waals surface area contributed by atoms with E-state index >= 15 is 0 Å². The van der Waals surface area contributed by atoms with Crippen molar-refractivity contribution < 1.29 is 10.2 Å². The van der Waals surface area contributed by atoms with Crippen molar-refractivity contribution in [1.29, 1.82) is 0 Å². The highest BCUT2D eigenvalue weighted by Crippen LogP contribution is 2.42. The normalized spacial score (nSPS) is 28.3. The maximum atomic E-state index is 9.97. The van der Waals surface area contributed by atoms with E-state index in [0.717, 1.165) is 64.5 Å². The number of nitrogens with one attached hydrogen (secondary N) is 2. The second-order valence-electron chi connectivity index (χ2n) is 10.4. The minimum Gasteiger partial charge on any atom is -0.393 e. The Morgan fingerprint density at radius 2 is 1.08 bits per heavy atom. The maximum Gasteiger partial charge on any atom is 0.0595 e. The number of hydrogen-bond acceptors (Lipinski definition) is 4. The van der Waals surface area contributed by atoms with Gasteiger partial charge in [0.25, 0.3) is 0 Å². The zero-order valence-electron chi connectivity index (χ0n) is 21.1. The van der Waals surface area contributed by atoms with Crippen LogP contribution in [0.4, 0.5) is 0 Å². The molecule has 4 atom stereocenters. The lowest BCUT2D eigenvalue weighted by atomic mass is 9.68. The number of likely N-dealkylation sites (N-methyl/N-ethyl adjacent to an activating group) is 2. The first-order valence-corrected chi connectivity index (χ1v) is 14.2. The van der Waals surface area contributed by atoms with E-state index in [1.807, 2.05) is 50.5 Å². The highest BCUT2D eigenvalue weighted by Gasteiger charge is 2.38. The van der Waals surface area contributed by atoms with Gasteiger partial charge in [0.2, 0.25) is 0 Å². The molecule has 0 amide bonds. The summed E-state index contributed by atoms with van der Waals surface area (Å²) >= 11 is 24.2. The molecular weight excluding hydrogens is 538 g/mol. The third-order valence-corrected chi connectivity index (χ3v) is 9.21. The first kappa shape index (κ1) is 30.0. The maximum absolute atomic E-state index is 9.97. The highest BCUT2D eigenvalue weighted by molar-refractivity contribution is 6.42. The molecule has 2 aromatic carbocycles. The monoisotopic (exact) mass is 574 g/mol. The van der Waals surface area contributed by atoms with Crippen molar-refractivity contribution in [3.63, 3.8) is 0 Å². The molecule has 0 heterocycles. The summed E-state index contributed by atoms with van der Waals surface area (Å²) in [5, 5.41) is 28.8. The molecule has 0 saturated heterocycles. The number of rotatable bonds is 6. The predicted molar refractivity (Wildman–Crippen MR) is 153 cm³/mol. The van der Waals surface area contributed by atoms with Gasteiger partial charge in [0.05, 0.1) is 32.3 Å². The van der Waals surface area contributed by atoms with E-state index in [-0.39, 0.29) is 23.0 Å². The summed E-state index contributed by atoms with van der Waals surface area (Å²) in [4.78, 5) is 0. The summed E-state index contributed by atoms with van der Waals surface area (Å²) in [5.74, 6) is 0. The summed E-state index contributed by atoms with van der Waals surface area (Å²) in [6.45, 7) is 1.70. The lowest BCUT2D eigenvalue weighted by Crippen LogP contribution is -2.42. The molecule has 0 unspecified atom stereocenters. The molecule has 4 nitrogen and oxygen atoms in total. The summed E-state index contributed by atoms with van der Waals surface area (Å²) in [6, 6.07) is 11.6. The van der Waals surface area contributed by atoms with Crippen LogP contribution in [0.2, 0.25) is 20.1 Å². The van der Waals surface area contributed by atoms with Gasteiger partial charge in [0, 0.05) is 23.9 Å². The van der Waals surface area contributed by atoms with Gasteiger partial charge in [-0.05, 0) is 101 Å². The molecule has 8 heteroatoms. The molecule has 0 aliphatic heterocycles. The summed E-state index contributed by atoms with van der Waals surface area (Å²) in [7, 11) is 3.89. The van der Waals surface area contributed by atoms with Crippen molar-refractivity contribution in [3.8, 4) is 0 Å². The molecular formula is C28H38Cl4N2O2. The number of hydrogen-bond donors (Lipinski definition) is 4. The minimum absolute atomic E-state index is 0.0271. The van der Waals surface area contributed by atoms with Gasteiger partial charge in [0.15, 0.2) is 0 Å². The second-order valence-corrected chi connectivity index (χ2v) is 12.0. The molecule has 2 fully saturated rings. The molecule has 0 bridgehead atoms. The van der Waals surface area contributed by atoms with Gasteiger partial charge in [-0.3, -0.25) is 0 Å². The van der Waals surface area contributed by atoms with Gasteiger partial charge in [-0.2, -0.15) is 0 Å². The van der Waals surface area contributed by atoms with Gasteiger partial charge < -0.3 is 20.8 Å². The lowest BCUT2D eigenvalue weighted by Gasteiger charge is -2.40. The summed E-state index contributed by atoms with van der Waals surface area (Å²) in [6.07, 6.45) is 7.15. The average molecular weight is 576 g/mol. The van der Waals surface area contributed by atoms with Gasteiger partial charge >= 0.3 is 0 Å². The highest BCUT2D eigenvalue weighted by atomic mass is 35.5. The molecule has 2 aliphatic rings. The van der Waals surface area contributed by atoms with Crippen LogP contribution in [0.1, 0.15) is 62.5 Å². The average Bonchev–Trinajstić information content (AvgIpc) is 2.83. The summed E-state index contributed by atoms with van der Waals surface area (Å²) in [5.41, 5.74) is 2.29. The number of halogens is 4. The Balaban J connectivity index is 0.000000201. The molecule has 4 N–H and O–H groups in total. The van der Waals surface area contributed by atoms with Crippen LogP contribution < -0.4 is 10.6 Å². The van der Waals surface area contributed by atoms with Gasteiger partial charge in [-0.15, -0.1) is 0 Å². The fraction of sp³-hybridized carbons (Fsp3) is 0.571. The Bertz CT molecular complexity index is 920. The van der Waals surface area contributed by atoms with Crippen LogP contribution in [-0.2, 0) is 10.8 Å². The molecule has 200 valence electrons. The van der Waals surface area contributed by atoms with E-state index in [1.54, 1.807) is 0 Å². The Hall–Kier alpha value is -0.560. The fourth-order valence-corrected chi connectivity index (χ4v) is 6.64. The van der Waals surface area contributed by atoms with Crippen LogP contribution in [0.3, 0.4) is 0 Å². The van der Waals surface area contributed by atoms with Crippen LogP contribution in [0, 0.1) is 0 Å². The van der Waals surface area contributed by atoms with E-state index in [4.69, 9.17) is 46.4 Å². The Kier molecular flexibility index (Phi) is 11.2. The van der Waals surface area contributed by atoms with E-state index in [0.29, 0.717) is 20.1 Å². The molecule has 2 saturated carbocycles. The van der Waals surface area contributed by atoms with E-state index in [2.05, 4.69) is 10.6 Å². The van der Waals surface area contributed by atoms with Gasteiger partial charge in [-0.1, -0.05) is 58.5 Å². The van der Waals surface area contributed by atoms with Gasteiger partial charge in [-0.25, -0.2) is 0 Å². The van der Waals surface area contributed by atoms with Crippen LogP contribution in [0.15, 0.2) is 36.4 Å². The molecule has 0 radical (unpaired) electrons. The third-order valence-electron chi connectivity index (χ3n) is 7.73. The lowest BCUT2D eigenvalue weighted by molar-refractivity contribution is 0.0841. The van der Waals surface area contributed by atoms with Crippen LogP contribution in [0.5, 0.6) is 0 Å². The van der Waals surface area contributed by atoms with E-state index < -0.39 is 0 Å². The van der Waals surface area contributed by atoms with Crippen molar-refractivity contribution in [2.75, 3.05) is 27.2 Å². The fourth-order valence-electron chi connectivity index (χ4n) is 6.04. The first-order chi connectivity index (χ1) is 17.1. The minimum atomic E-state index is -0.221. The van der Waals surface area contributed by atoms with Crippen molar-refractivity contribution in [2.45, 2.75) is 74.4 Å². The SMILES string of the molecule is CNC[C@@]1(c2ccc(Cl)c(Cl)c2)CCC[C@@H](O)C1.CNC[C@]1(c2ccc(Cl)c(Cl)c2)CCC[C@H](O)C1. The number of benzene rings is 2. The number of aliphatic hydroxyl groups excluding tert-OH is 2. The van der Waals surface area contributed by atoms with Gasteiger partial charge in [0.1, 0.15) is 0 Å². The Morgan fingerprint density at radius 1 is 0.694 bits per heavy atom. The van der Waals surface area contributed by atoms with E-state index in [1.165, 1.54) is 11.1 Å². The second kappa shape index (κ2) is 13.5. The Labute approximate surface area is 235 Å². The molecule has 36 heavy (non-hydrogen) atoms. The quantitative estimate of drug-likeness (QED) is 0.307. The Morgan fingerprint density at radius 3 is 1.39 bits per heavy atom. The van der Waals surface area contributed by atoms with Crippen molar-refractivity contribution in [2.24, 2.45) is 0 Å².